The van der Waals surface area contributed by atoms with E-state index in [2.05, 4.69) is 23.8 Å². The number of carbonyl (C=O) groups excluding carboxylic acids is 1. The molecule has 6 heteroatoms. The molecule has 27 heavy (non-hydrogen) atoms. The lowest BCUT2D eigenvalue weighted by Crippen LogP contribution is -2.49. The van der Waals surface area contributed by atoms with Gasteiger partial charge in [0.15, 0.2) is 0 Å². The molecule has 1 aliphatic heterocycles. The Labute approximate surface area is 166 Å². The van der Waals surface area contributed by atoms with Gasteiger partial charge < -0.3 is 4.90 Å². The summed E-state index contributed by atoms with van der Waals surface area (Å²) >= 11 is 6.55. The maximum absolute atomic E-state index is 13.0. The number of aryl methyl sites for hydroxylation is 1. The van der Waals surface area contributed by atoms with Gasteiger partial charge in [0, 0.05) is 26.2 Å². The van der Waals surface area contributed by atoms with Gasteiger partial charge >= 0.3 is 0 Å². The highest BCUT2D eigenvalue weighted by molar-refractivity contribution is 6.33. The minimum absolute atomic E-state index is 0.000297. The third-order valence-corrected chi connectivity index (χ3v) is 5.52. The fourth-order valence-corrected chi connectivity index (χ4v) is 3.75. The van der Waals surface area contributed by atoms with Crippen molar-refractivity contribution in [3.05, 3.63) is 52.3 Å². The average molecular weight is 389 g/mol. The fourth-order valence-electron chi connectivity index (χ4n) is 3.43. The Hall–Kier alpha value is -1.85. The molecule has 1 fully saturated rings. The van der Waals surface area contributed by atoms with Crippen LogP contribution in [-0.2, 0) is 6.54 Å². The van der Waals surface area contributed by atoms with Gasteiger partial charge in [0.1, 0.15) is 5.15 Å². The van der Waals surface area contributed by atoms with E-state index in [1.807, 2.05) is 42.2 Å². The van der Waals surface area contributed by atoms with Gasteiger partial charge in [-0.15, -0.1) is 0 Å². The molecule has 2 heterocycles. The third-order valence-electron chi connectivity index (χ3n) is 5.14. The lowest BCUT2D eigenvalue weighted by Gasteiger charge is -2.35. The monoisotopic (exact) mass is 388 g/mol. The van der Waals surface area contributed by atoms with Crippen LogP contribution in [0.2, 0.25) is 5.15 Å². The van der Waals surface area contributed by atoms with E-state index >= 15 is 0 Å². The van der Waals surface area contributed by atoms with Crippen molar-refractivity contribution in [2.24, 2.45) is 5.92 Å². The highest BCUT2D eigenvalue weighted by Gasteiger charge is 2.27. The molecule has 1 amide bonds. The van der Waals surface area contributed by atoms with Crippen LogP contribution in [0.1, 0.15) is 41.9 Å². The van der Waals surface area contributed by atoms with Crippen LogP contribution < -0.4 is 0 Å². The van der Waals surface area contributed by atoms with E-state index in [9.17, 15) is 4.79 Å². The second-order valence-electron chi connectivity index (χ2n) is 7.71. The lowest BCUT2D eigenvalue weighted by molar-refractivity contribution is 0.0631. The Morgan fingerprint density at radius 2 is 1.81 bits per heavy atom. The van der Waals surface area contributed by atoms with E-state index in [-0.39, 0.29) is 5.91 Å². The zero-order chi connectivity index (χ0) is 19.4. The second-order valence-corrected chi connectivity index (χ2v) is 8.07. The number of hydrogen-bond donors (Lipinski definition) is 0. The first-order chi connectivity index (χ1) is 13.0. The SMILES string of the molecule is Cc1nn(Cc2ccccc2)c(Cl)c1C(=O)N1CCN(CCC(C)C)CC1. The molecule has 0 bridgehead atoms. The molecule has 1 aliphatic rings. The smallest absolute Gasteiger partial charge is 0.258 e. The molecule has 0 saturated carbocycles. The summed E-state index contributed by atoms with van der Waals surface area (Å²) in [5, 5.41) is 4.95. The molecule has 0 unspecified atom stereocenters. The Morgan fingerprint density at radius 1 is 1.15 bits per heavy atom. The molecule has 5 nitrogen and oxygen atoms in total. The fraction of sp³-hybridized carbons (Fsp3) is 0.524. The van der Waals surface area contributed by atoms with E-state index < -0.39 is 0 Å². The molecular formula is C21H29ClN4O. The van der Waals surface area contributed by atoms with Gasteiger partial charge in [-0.1, -0.05) is 55.8 Å². The number of carbonyl (C=O) groups is 1. The van der Waals surface area contributed by atoms with Crippen LogP contribution in [-0.4, -0.2) is 58.2 Å². The minimum atomic E-state index is 0.000297. The van der Waals surface area contributed by atoms with Crippen LogP contribution in [0.4, 0.5) is 0 Å². The quantitative estimate of drug-likeness (QED) is 0.757. The summed E-state index contributed by atoms with van der Waals surface area (Å²) in [5.74, 6) is 0.710. The van der Waals surface area contributed by atoms with Gasteiger partial charge in [-0.3, -0.25) is 9.69 Å². The summed E-state index contributed by atoms with van der Waals surface area (Å²) < 4.78 is 1.72. The van der Waals surface area contributed by atoms with Crippen molar-refractivity contribution < 1.29 is 4.79 Å². The Morgan fingerprint density at radius 3 is 2.44 bits per heavy atom. The zero-order valence-corrected chi connectivity index (χ0v) is 17.2. The van der Waals surface area contributed by atoms with Crippen LogP contribution in [0.15, 0.2) is 30.3 Å². The maximum atomic E-state index is 13.0. The van der Waals surface area contributed by atoms with Crippen LogP contribution in [0, 0.1) is 12.8 Å². The number of nitrogens with zero attached hydrogens (tertiary/aromatic N) is 4. The van der Waals surface area contributed by atoms with Gasteiger partial charge in [-0.2, -0.15) is 5.10 Å². The maximum Gasteiger partial charge on any atom is 0.258 e. The predicted molar refractivity (Wildman–Crippen MR) is 109 cm³/mol. The largest absolute Gasteiger partial charge is 0.336 e. The van der Waals surface area contributed by atoms with Crippen LogP contribution in [0.5, 0.6) is 0 Å². The summed E-state index contributed by atoms with van der Waals surface area (Å²) in [6.07, 6.45) is 1.20. The molecule has 146 valence electrons. The zero-order valence-electron chi connectivity index (χ0n) is 16.5. The van der Waals surface area contributed by atoms with E-state index in [4.69, 9.17) is 11.6 Å². The van der Waals surface area contributed by atoms with Crippen molar-refractivity contribution in [3.8, 4) is 0 Å². The van der Waals surface area contributed by atoms with E-state index in [1.54, 1.807) is 4.68 Å². The van der Waals surface area contributed by atoms with E-state index in [0.717, 1.165) is 38.3 Å². The number of benzene rings is 1. The van der Waals surface area contributed by atoms with Crippen molar-refractivity contribution in [1.82, 2.24) is 19.6 Å². The number of piperazine rings is 1. The van der Waals surface area contributed by atoms with Gasteiger partial charge in [-0.25, -0.2) is 4.68 Å². The Kier molecular flexibility index (Phi) is 6.55. The molecule has 0 spiro atoms. The Bertz CT molecular complexity index is 764. The first kappa shape index (κ1) is 19.9. The molecule has 0 N–H and O–H groups in total. The minimum Gasteiger partial charge on any atom is -0.336 e. The molecule has 0 atom stereocenters. The Balaban J connectivity index is 1.65. The lowest BCUT2D eigenvalue weighted by atomic mass is 10.1. The van der Waals surface area contributed by atoms with Gasteiger partial charge in [-0.05, 0) is 31.4 Å². The molecular weight excluding hydrogens is 360 g/mol. The molecule has 0 radical (unpaired) electrons. The normalized spacial score (nSPS) is 15.5. The van der Waals surface area contributed by atoms with E-state index in [0.29, 0.717) is 28.9 Å². The topological polar surface area (TPSA) is 41.4 Å². The highest BCUT2D eigenvalue weighted by Crippen LogP contribution is 2.23. The summed E-state index contributed by atoms with van der Waals surface area (Å²) in [4.78, 5) is 17.4. The van der Waals surface area contributed by atoms with Crippen LogP contribution in [0.3, 0.4) is 0 Å². The number of rotatable bonds is 6. The van der Waals surface area contributed by atoms with Crippen LogP contribution in [0.25, 0.3) is 0 Å². The molecule has 1 saturated heterocycles. The highest BCUT2D eigenvalue weighted by atomic mass is 35.5. The second kappa shape index (κ2) is 8.89. The van der Waals surface area contributed by atoms with Crippen molar-refractivity contribution in [1.29, 1.82) is 0 Å². The van der Waals surface area contributed by atoms with Gasteiger partial charge in [0.2, 0.25) is 0 Å². The van der Waals surface area contributed by atoms with Gasteiger partial charge in [0.05, 0.1) is 17.8 Å². The number of halogens is 1. The third kappa shape index (κ3) is 4.90. The number of aromatic nitrogens is 2. The first-order valence-corrected chi connectivity index (χ1v) is 10.1. The number of hydrogen-bond acceptors (Lipinski definition) is 3. The van der Waals surface area contributed by atoms with Crippen molar-refractivity contribution in [3.63, 3.8) is 0 Å². The summed E-state index contributed by atoms with van der Waals surface area (Å²) in [6, 6.07) is 10.0. The molecule has 0 aliphatic carbocycles. The average Bonchev–Trinajstić information content (AvgIpc) is 2.94. The molecule has 3 rings (SSSR count). The molecule has 1 aromatic heterocycles. The molecule has 1 aromatic carbocycles. The number of amides is 1. The van der Waals surface area contributed by atoms with Crippen molar-refractivity contribution in [2.45, 2.75) is 33.7 Å². The first-order valence-electron chi connectivity index (χ1n) is 9.74. The van der Waals surface area contributed by atoms with E-state index in [1.165, 1.54) is 6.42 Å². The van der Waals surface area contributed by atoms with Crippen molar-refractivity contribution in [2.75, 3.05) is 32.7 Å². The summed E-state index contributed by atoms with van der Waals surface area (Å²) in [7, 11) is 0. The predicted octanol–water partition coefficient (Wildman–Crippen LogP) is 3.70. The van der Waals surface area contributed by atoms with Crippen LogP contribution >= 0.6 is 11.6 Å². The summed E-state index contributed by atoms with van der Waals surface area (Å²) in [6.45, 7) is 11.4. The standard InChI is InChI=1S/C21H29ClN4O/c1-16(2)9-10-24-11-13-25(14-12-24)21(27)19-17(3)23-26(20(19)22)15-18-7-5-4-6-8-18/h4-8,16H,9-15H2,1-3H3. The van der Waals surface area contributed by atoms with Crippen molar-refractivity contribution >= 4 is 17.5 Å². The summed E-state index contributed by atoms with van der Waals surface area (Å²) in [5.41, 5.74) is 2.35. The van der Waals surface area contributed by atoms with Gasteiger partial charge in [0.25, 0.3) is 5.91 Å². The molecule has 2 aromatic rings.